The predicted octanol–water partition coefficient (Wildman–Crippen LogP) is 4.35. The number of nitrogens with zero attached hydrogens (tertiary/aromatic N) is 3. The predicted molar refractivity (Wildman–Crippen MR) is 103 cm³/mol. The van der Waals surface area contributed by atoms with Gasteiger partial charge in [0, 0.05) is 16.5 Å². The summed E-state index contributed by atoms with van der Waals surface area (Å²) < 4.78 is 0. The summed E-state index contributed by atoms with van der Waals surface area (Å²) in [6.45, 7) is 0. The highest BCUT2D eigenvalue weighted by Crippen LogP contribution is 2.39. The van der Waals surface area contributed by atoms with Crippen LogP contribution in [0, 0.1) is 0 Å². The number of carbonyl (C=O) groups excluding carboxylic acids is 1. The fraction of sp³-hybridized carbons (Fsp3) is 0.294. The summed E-state index contributed by atoms with van der Waals surface area (Å²) in [7, 11) is 0. The number of fused-ring (bicyclic) bond motifs is 3. The van der Waals surface area contributed by atoms with Crippen molar-refractivity contribution >= 4 is 56.6 Å². The molecule has 3 aromatic heterocycles. The molecule has 4 rings (SSSR count). The number of thioether (sulfide) groups is 1. The van der Waals surface area contributed by atoms with Crippen LogP contribution in [0.2, 0.25) is 5.02 Å². The molecule has 3 heterocycles. The standard InChI is InChI=1S/C17H15ClN4OS2/c18-10-5-6-13(19-7-10)22-14(23)8-24-16-15-11-3-1-2-4-12(11)25-17(15)21-9-20-16/h5-7,9H,1-4,8H2,(H,19,22,23). The topological polar surface area (TPSA) is 67.8 Å². The second kappa shape index (κ2) is 7.27. The highest BCUT2D eigenvalue weighted by Gasteiger charge is 2.20. The molecule has 8 heteroatoms. The average molecular weight is 391 g/mol. The molecule has 0 bridgehead atoms. The van der Waals surface area contributed by atoms with Crippen LogP contribution >= 0.6 is 34.7 Å². The van der Waals surface area contributed by atoms with E-state index in [-0.39, 0.29) is 11.7 Å². The Morgan fingerprint density at radius 3 is 2.96 bits per heavy atom. The number of hydrogen-bond donors (Lipinski definition) is 1. The summed E-state index contributed by atoms with van der Waals surface area (Å²) in [5.41, 5.74) is 1.38. The van der Waals surface area contributed by atoms with Crippen LogP contribution in [0.5, 0.6) is 0 Å². The van der Waals surface area contributed by atoms with Crippen LogP contribution in [0.1, 0.15) is 23.3 Å². The van der Waals surface area contributed by atoms with Gasteiger partial charge >= 0.3 is 0 Å². The first-order valence-corrected chi connectivity index (χ1v) is 10.2. The summed E-state index contributed by atoms with van der Waals surface area (Å²) in [5, 5.41) is 5.35. The second-order valence-electron chi connectivity index (χ2n) is 5.77. The molecule has 1 N–H and O–H groups in total. The molecule has 1 amide bonds. The van der Waals surface area contributed by atoms with E-state index in [1.165, 1.54) is 41.2 Å². The maximum atomic E-state index is 12.2. The number of aromatic nitrogens is 3. The van der Waals surface area contributed by atoms with Crippen molar-refractivity contribution in [1.29, 1.82) is 0 Å². The molecular weight excluding hydrogens is 376 g/mol. The molecule has 25 heavy (non-hydrogen) atoms. The van der Waals surface area contributed by atoms with Gasteiger partial charge in [-0.2, -0.15) is 0 Å². The molecule has 5 nitrogen and oxygen atoms in total. The summed E-state index contributed by atoms with van der Waals surface area (Å²) in [6.07, 6.45) is 7.76. The van der Waals surface area contributed by atoms with Crippen LogP contribution in [0.25, 0.3) is 10.2 Å². The molecule has 0 spiro atoms. The van der Waals surface area contributed by atoms with E-state index in [0.29, 0.717) is 10.8 Å². The van der Waals surface area contributed by atoms with E-state index in [9.17, 15) is 4.79 Å². The van der Waals surface area contributed by atoms with Gasteiger partial charge < -0.3 is 5.32 Å². The maximum Gasteiger partial charge on any atom is 0.235 e. The maximum absolute atomic E-state index is 12.2. The number of amides is 1. The van der Waals surface area contributed by atoms with Gasteiger partial charge in [-0.05, 0) is 43.4 Å². The summed E-state index contributed by atoms with van der Waals surface area (Å²) in [4.78, 5) is 27.6. The van der Waals surface area contributed by atoms with E-state index < -0.39 is 0 Å². The van der Waals surface area contributed by atoms with Gasteiger partial charge in [-0.1, -0.05) is 23.4 Å². The molecule has 0 saturated carbocycles. The Labute approximate surface area is 158 Å². The number of rotatable bonds is 4. The highest BCUT2D eigenvalue weighted by molar-refractivity contribution is 8.00. The van der Waals surface area contributed by atoms with E-state index in [1.54, 1.807) is 29.8 Å². The number of aryl methyl sites for hydroxylation is 2. The van der Waals surface area contributed by atoms with Crippen molar-refractivity contribution in [3.63, 3.8) is 0 Å². The zero-order valence-corrected chi connectivity index (χ0v) is 15.7. The van der Waals surface area contributed by atoms with Crippen LogP contribution in [-0.2, 0) is 17.6 Å². The molecule has 1 aliphatic rings. The molecule has 0 fully saturated rings. The SMILES string of the molecule is O=C(CSc1ncnc2sc3c(c12)CCCC3)Nc1ccc(Cl)cn1. The van der Waals surface area contributed by atoms with Gasteiger partial charge in [0.1, 0.15) is 22.0 Å². The number of carbonyl (C=O) groups is 1. The van der Waals surface area contributed by atoms with Crippen molar-refractivity contribution < 1.29 is 4.79 Å². The van der Waals surface area contributed by atoms with Gasteiger partial charge in [-0.3, -0.25) is 4.79 Å². The van der Waals surface area contributed by atoms with Crippen LogP contribution in [-0.4, -0.2) is 26.6 Å². The van der Waals surface area contributed by atoms with E-state index >= 15 is 0 Å². The van der Waals surface area contributed by atoms with E-state index in [0.717, 1.165) is 28.1 Å². The van der Waals surface area contributed by atoms with Gasteiger partial charge in [0.15, 0.2) is 0 Å². The number of thiophene rings is 1. The number of pyridine rings is 1. The summed E-state index contributed by atoms with van der Waals surface area (Å²) in [6, 6.07) is 3.38. The Morgan fingerprint density at radius 2 is 2.12 bits per heavy atom. The highest BCUT2D eigenvalue weighted by atomic mass is 35.5. The third kappa shape index (κ3) is 3.63. The average Bonchev–Trinajstić information content (AvgIpc) is 3.01. The molecular formula is C17H15ClN4OS2. The minimum absolute atomic E-state index is 0.115. The van der Waals surface area contributed by atoms with E-state index in [4.69, 9.17) is 11.6 Å². The Balaban J connectivity index is 1.50. The summed E-state index contributed by atoms with van der Waals surface area (Å²) in [5.74, 6) is 0.660. The van der Waals surface area contributed by atoms with Crippen molar-refractivity contribution in [2.45, 2.75) is 30.7 Å². The first-order valence-electron chi connectivity index (χ1n) is 8.00. The van der Waals surface area contributed by atoms with Crippen molar-refractivity contribution in [3.8, 4) is 0 Å². The monoisotopic (exact) mass is 390 g/mol. The van der Waals surface area contributed by atoms with Gasteiger partial charge in [0.25, 0.3) is 0 Å². The molecule has 0 aromatic carbocycles. The number of hydrogen-bond acceptors (Lipinski definition) is 6. The first kappa shape index (κ1) is 16.8. The van der Waals surface area contributed by atoms with E-state index in [1.807, 2.05) is 0 Å². The minimum Gasteiger partial charge on any atom is -0.310 e. The Morgan fingerprint density at radius 1 is 1.24 bits per heavy atom. The summed E-state index contributed by atoms with van der Waals surface area (Å²) >= 11 is 9.01. The van der Waals surface area contributed by atoms with Crippen molar-refractivity contribution in [3.05, 3.63) is 40.1 Å². The van der Waals surface area contributed by atoms with Gasteiger partial charge in [0.2, 0.25) is 5.91 Å². The molecule has 0 atom stereocenters. The van der Waals surface area contributed by atoms with Crippen molar-refractivity contribution in [2.75, 3.05) is 11.1 Å². The third-order valence-corrected chi connectivity index (χ3v) is 6.46. The normalized spacial score (nSPS) is 13.6. The van der Waals surface area contributed by atoms with Gasteiger partial charge in [0.05, 0.1) is 10.8 Å². The lowest BCUT2D eigenvalue weighted by Crippen LogP contribution is -2.15. The lowest BCUT2D eigenvalue weighted by Gasteiger charge is -2.11. The third-order valence-electron chi connectivity index (χ3n) is 4.05. The second-order valence-corrected chi connectivity index (χ2v) is 8.25. The fourth-order valence-corrected chi connectivity index (χ4v) is 5.16. The van der Waals surface area contributed by atoms with Crippen molar-refractivity contribution in [1.82, 2.24) is 15.0 Å². The molecule has 0 unspecified atom stereocenters. The van der Waals surface area contributed by atoms with Crippen LogP contribution in [0.15, 0.2) is 29.7 Å². The Hall–Kier alpha value is -1.70. The smallest absolute Gasteiger partial charge is 0.235 e. The molecule has 1 aliphatic carbocycles. The molecule has 3 aromatic rings. The fourth-order valence-electron chi connectivity index (χ4n) is 2.93. The van der Waals surface area contributed by atoms with Crippen LogP contribution in [0.3, 0.4) is 0 Å². The Kier molecular flexibility index (Phi) is 4.87. The van der Waals surface area contributed by atoms with Crippen LogP contribution < -0.4 is 5.32 Å². The minimum atomic E-state index is -0.115. The quantitative estimate of drug-likeness (QED) is 0.529. The van der Waals surface area contributed by atoms with Gasteiger partial charge in [-0.15, -0.1) is 11.3 Å². The van der Waals surface area contributed by atoms with Gasteiger partial charge in [-0.25, -0.2) is 15.0 Å². The molecule has 0 saturated heterocycles. The van der Waals surface area contributed by atoms with Crippen LogP contribution in [0.4, 0.5) is 5.82 Å². The Bertz CT molecular complexity index is 926. The number of halogens is 1. The van der Waals surface area contributed by atoms with E-state index in [2.05, 4.69) is 20.3 Å². The number of nitrogens with one attached hydrogen (secondary N) is 1. The molecule has 0 aliphatic heterocycles. The number of anilines is 1. The zero-order chi connectivity index (χ0) is 17.2. The molecule has 128 valence electrons. The first-order chi connectivity index (χ1) is 12.2. The lowest BCUT2D eigenvalue weighted by atomic mass is 9.97. The largest absolute Gasteiger partial charge is 0.310 e. The lowest BCUT2D eigenvalue weighted by molar-refractivity contribution is -0.113. The van der Waals surface area contributed by atoms with Crippen molar-refractivity contribution in [2.24, 2.45) is 0 Å². The zero-order valence-electron chi connectivity index (χ0n) is 13.3. The molecule has 0 radical (unpaired) electrons.